The molecule has 0 saturated carbocycles. The number of nitrogens with one attached hydrogen (secondary N) is 1. The second-order valence-electron chi connectivity index (χ2n) is 4.61. The van der Waals surface area contributed by atoms with Crippen LogP contribution in [0.4, 0.5) is 0 Å². The first-order chi connectivity index (χ1) is 7.88. The smallest absolute Gasteiger partial charge is 0.117 e. The van der Waals surface area contributed by atoms with Crippen LogP contribution in [-0.4, -0.2) is 31.1 Å². The Balaban J connectivity index is 1.69. The van der Waals surface area contributed by atoms with E-state index in [0.29, 0.717) is 0 Å². The third-order valence-electron chi connectivity index (χ3n) is 3.35. The predicted octanol–water partition coefficient (Wildman–Crippen LogP) is 2.10. The second kappa shape index (κ2) is 6.06. The van der Waals surface area contributed by atoms with E-state index >= 15 is 0 Å². The van der Waals surface area contributed by atoms with Crippen molar-refractivity contribution >= 4 is 0 Å². The van der Waals surface area contributed by atoms with E-state index < -0.39 is 0 Å². The van der Waals surface area contributed by atoms with Crippen molar-refractivity contribution in [2.75, 3.05) is 26.2 Å². The summed E-state index contributed by atoms with van der Waals surface area (Å²) in [6.45, 7) is 7.83. The summed E-state index contributed by atoms with van der Waals surface area (Å²) in [6.07, 6.45) is 4.38. The fourth-order valence-electron chi connectivity index (χ4n) is 2.32. The molecule has 2 rings (SSSR count). The van der Waals surface area contributed by atoms with E-state index in [1.54, 1.807) is 6.26 Å². The second-order valence-corrected chi connectivity index (χ2v) is 4.61. The third kappa shape index (κ3) is 3.35. The van der Waals surface area contributed by atoms with Crippen molar-refractivity contribution in [1.29, 1.82) is 0 Å². The lowest BCUT2D eigenvalue weighted by Gasteiger charge is -2.31. The van der Waals surface area contributed by atoms with Crippen LogP contribution in [0.25, 0.3) is 0 Å². The van der Waals surface area contributed by atoms with E-state index in [-0.39, 0.29) is 0 Å². The number of hydrogen-bond donors (Lipinski definition) is 1. The SMILES string of the molecule is CCNCC1CCN(Cc2ccco2)CC1. The van der Waals surface area contributed by atoms with Gasteiger partial charge in [-0.05, 0) is 57.1 Å². The molecule has 0 amide bonds. The van der Waals surface area contributed by atoms with Gasteiger partial charge < -0.3 is 9.73 Å². The average Bonchev–Trinajstić information content (AvgIpc) is 2.81. The highest BCUT2D eigenvalue weighted by Gasteiger charge is 2.19. The van der Waals surface area contributed by atoms with Gasteiger partial charge in [-0.2, -0.15) is 0 Å². The standard InChI is InChI=1S/C13H22N2O/c1-2-14-10-12-5-7-15(8-6-12)11-13-4-3-9-16-13/h3-4,9,12,14H,2,5-8,10-11H2,1H3. The van der Waals surface area contributed by atoms with Crippen molar-refractivity contribution in [1.82, 2.24) is 10.2 Å². The van der Waals surface area contributed by atoms with E-state index in [9.17, 15) is 0 Å². The molecular formula is C13H22N2O. The van der Waals surface area contributed by atoms with Crippen molar-refractivity contribution in [3.8, 4) is 0 Å². The first-order valence-corrected chi connectivity index (χ1v) is 6.34. The minimum atomic E-state index is 0.868. The highest BCUT2D eigenvalue weighted by molar-refractivity contribution is 4.98. The van der Waals surface area contributed by atoms with Crippen LogP contribution in [0.5, 0.6) is 0 Å². The molecule has 1 saturated heterocycles. The van der Waals surface area contributed by atoms with Crippen LogP contribution in [0.15, 0.2) is 22.8 Å². The molecule has 0 unspecified atom stereocenters. The zero-order valence-corrected chi connectivity index (χ0v) is 10.1. The number of rotatable bonds is 5. The quantitative estimate of drug-likeness (QED) is 0.827. The predicted molar refractivity (Wildman–Crippen MR) is 65.3 cm³/mol. The van der Waals surface area contributed by atoms with Gasteiger partial charge in [0.1, 0.15) is 5.76 Å². The Bertz CT molecular complexity index is 276. The Morgan fingerprint density at radius 3 is 2.88 bits per heavy atom. The average molecular weight is 222 g/mol. The first kappa shape index (κ1) is 11.7. The number of likely N-dealkylation sites (tertiary alicyclic amines) is 1. The van der Waals surface area contributed by atoms with Gasteiger partial charge in [-0.1, -0.05) is 6.92 Å². The minimum Gasteiger partial charge on any atom is -0.468 e. The van der Waals surface area contributed by atoms with Crippen LogP contribution in [0, 0.1) is 5.92 Å². The van der Waals surface area contributed by atoms with Gasteiger partial charge in [-0.3, -0.25) is 4.90 Å². The van der Waals surface area contributed by atoms with Crippen molar-refractivity contribution < 1.29 is 4.42 Å². The van der Waals surface area contributed by atoms with Gasteiger partial charge in [0.05, 0.1) is 12.8 Å². The van der Waals surface area contributed by atoms with Crippen molar-refractivity contribution in [2.24, 2.45) is 5.92 Å². The van der Waals surface area contributed by atoms with Crippen LogP contribution in [-0.2, 0) is 6.54 Å². The Kier molecular flexibility index (Phi) is 4.43. The van der Waals surface area contributed by atoms with Gasteiger partial charge in [-0.25, -0.2) is 0 Å². The molecule has 1 aromatic heterocycles. The lowest BCUT2D eigenvalue weighted by Crippen LogP contribution is -2.36. The molecule has 0 bridgehead atoms. The van der Waals surface area contributed by atoms with E-state index in [4.69, 9.17) is 4.42 Å². The largest absolute Gasteiger partial charge is 0.468 e. The summed E-state index contributed by atoms with van der Waals surface area (Å²) in [5, 5.41) is 3.44. The molecule has 1 aliphatic rings. The molecule has 90 valence electrons. The van der Waals surface area contributed by atoms with Crippen LogP contribution < -0.4 is 5.32 Å². The zero-order chi connectivity index (χ0) is 11.2. The molecule has 2 heterocycles. The summed E-state index contributed by atoms with van der Waals surface area (Å²) in [7, 11) is 0. The summed E-state index contributed by atoms with van der Waals surface area (Å²) in [4.78, 5) is 2.49. The lowest BCUT2D eigenvalue weighted by molar-refractivity contribution is 0.165. The van der Waals surface area contributed by atoms with E-state index in [0.717, 1.165) is 24.8 Å². The molecular weight excluding hydrogens is 200 g/mol. The molecule has 1 N–H and O–H groups in total. The van der Waals surface area contributed by atoms with Crippen molar-refractivity contribution in [3.05, 3.63) is 24.2 Å². The monoisotopic (exact) mass is 222 g/mol. The Morgan fingerprint density at radius 2 is 2.25 bits per heavy atom. The summed E-state index contributed by atoms with van der Waals surface area (Å²) in [5.74, 6) is 1.96. The molecule has 0 aliphatic carbocycles. The highest BCUT2D eigenvalue weighted by Crippen LogP contribution is 2.18. The Labute approximate surface area is 97.8 Å². The fourth-order valence-corrected chi connectivity index (χ4v) is 2.32. The summed E-state index contributed by atoms with van der Waals surface area (Å²) in [5.41, 5.74) is 0. The van der Waals surface area contributed by atoms with Gasteiger partial charge in [0.2, 0.25) is 0 Å². The summed E-state index contributed by atoms with van der Waals surface area (Å²) < 4.78 is 5.37. The Hall–Kier alpha value is -0.800. The van der Waals surface area contributed by atoms with Gasteiger partial charge in [-0.15, -0.1) is 0 Å². The Morgan fingerprint density at radius 1 is 1.44 bits per heavy atom. The van der Waals surface area contributed by atoms with E-state index in [1.165, 1.54) is 32.5 Å². The van der Waals surface area contributed by atoms with Crippen LogP contribution in [0.1, 0.15) is 25.5 Å². The number of piperidine rings is 1. The number of furan rings is 1. The normalized spacial score (nSPS) is 19.1. The van der Waals surface area contributed by atoms with Crippen LogP contribution in [0.2, 0.25) is 0 Å². The lowest BCUT2D eigenvalue weighted by atomic mass is 9.97. The number of nitrogens with zero attached hydrogens (tertiary/aromatic N) is 1. The van der Waals surface area contributed by atoms with Crippen LogP contribution >= 0.6 is 0 Å². The van der Waals surface area contributed by atoms with E-state index in [1.807, 2.05) is 6.07 Å². The molecule has 16 heavy (non-hydrogen) atoms. The van der Waals surface area contributed by atoms with Gasteiger partial charge in [0, 0.05) is 0 Å². The summed E-state index contributed by atoms with van der Waals surface area (Å²) in [6, 6.07) is 4.03. The van der Waals surface area contributed by atoms with Crippen molar-refractivity contribution in [2.45, 2.75) is 26.3 Å². The highest BCUT2D eigenvalue weighted by atomic mass is 16.3. The molecule has 3 nitrogen and oxygen atoms in total. The molecule has 1 aliphatic heterocycles. The van der Waals surface area contributed by atoms with Crippen LogP contribution in [0.3, 0.4) is 0 Å². The fraction of sp³-hybridized carbons (Fsp3) is 0.692. The maximum Gasteiger partial charge on any atom is 0.117 e. The maximum atomic E-state index is 5.37. The molecule has 0 radical (unpaired) electrons. The molecule has 0 aromatic carbocycles. The zero-order valence-electron chi connectivity index (χ0n) is 10.1. The van der Waals surface area contributed by atoms with Gasteiger partial charge in [0.25, 0.3) is 0 Å². The first-order valence-electron chi connectivity index (χ1n) is 6.34. The van der Waals surface area contributed by atoms with Crippen molar-refractivity contribution in [3.63, 3.8) is 0 Å². The molecule has 1 aromatic rings. The van der Waals surface area contributed by atoms with E-state index in [2.05, 4.69) is 23.2 Å². The molecule has 3 heteroatoms. The molecule has 1 fully saturated rings. The third-order valence-corrected chi connectivity index (χ3v) is 3.35. The number of hydrogen-bond acceptors (Lipinski definition) is 3. The van der Waals surface area contributed by atoms with Gasteiger partial charge in [0.15, 0.2) is 0 Å². The van der Waals surface area contributed by atoms with Gasteiger partial charge >= 0.3 is 0 Å². The topological polar surface area (TPSA) is 28.4 Å². The maximum absolute atomic E-state index is 5.37. The molecule has 0 spiro atoms. The molecule has 0 atom stereocenters. The summed E-state index contributed by atoms with van der Waals surface area (Å²) >= 11 is 0. The minimum absolute atomic E-state index is 0.868.